The summed E-state index contributed by atoms with van der Waals surface area (Å²) >= 11 is 0. The zero-order chi connectivity index (χ0) is 53.6. The van der Waals surface area contributed by atoms with Crippen LogP contribution in [0.15, 0.2) is 36.5 Å². The standard InChI is InChI=1S/C68H126O6/c1-4-7-10-13-16-19-22-25-27-28-29-30-31-32-33-34-35-36-37-38-39-40-42-43-46-49-52-55-58-61-67(70)73-64-65(63-72-66(69)60-57-54-51-48-45-24-21-18-15-12-9-6-3)74-68(71)62-59-56-53-50-47-44-41-26-23-20-17-14-11-8-5-2/h22,25-26,28-29,41,65H,4-21,23-24,27,30-40,42-64H2,1-3H3/b25-22-,29-28-,41-26-. The molecule has 434 valence electrons. The fraction of sp³-hybridized carbons (Fsp3) is 0.868. The van der Waals surface area contributed by atoms with E-state index in [1.165, 1.54) is 250 Å². The highest BCUT2D eigenvalue weighted by Crippen LogP contribution is 2.17. The molecule has 74 heavy (non-hydrogen) atoms. The van der Waals surface area contributed by atoms with E-state index in [1.807, 2.05) is 0 Å². The van der Waals surface area contributed by atoms with Gasteiger partial charge in [-0.25, -0.2) is 0 Å². The van der Waals surface area contributed by atoms with Crippen LogP contribution in [0.3, 0.4) is 0 Å². The highest BCUT2D eigenvalue weighted by atomic mass is 16.6. The van der Waals surface area contributed by atoms with E-state index in [2.05, 4.69) is 57.2 Å². The normalized spacial score (nSPS) is 12.2. The van der Waals surface area contributed by atoms with E-state index in [4.69, 9.17) is 14.2 Å². The van der Waals surface area contributed by atoms with Gasteiger partial charge in [0.15, 0.2) is 6.10 Å². The van der Waals surface area contributed by atoms with E-state index in [9.17, 15) is 14.4 Å². The summed E-state index contributed by atoms with van der Waals surface area (Å²) in [5.41, 5.74) is 0. The third kappa shape index (κ3) is 60.5. The molecule has 0 aliphatic carbocycles. The zero-order valence-electron chi connectivity index (χ0n) is 49.9. The maximum Gasteiger partial charge on any atom is 0.306 e. The SMILES string of the molecule is CCCCCCC/C=C\C/C=C\CCCCCCCCCCCCCCCCCCCC(=O)OCC(COC(=O)CCCCCCCCCCCCCC)OC(=O)CCCCCCC/C=C\CCCCCCCC. The van der Waals surface area contributed by atoms with Gasteiger partial charge in [-0.15, -0.1) is 0 Å². The second-order valence-electron chi connectivity index (χ2n) is 22.4. The van der Waals surface area contributed by atoms with Crippen LogP contribution in [-0.4, -0.2) is 37.2 Å². The van der Waals surface area contributed by atoms with Crippen LogP contribution in [0.4, 0.5) is 0 Å². The Balaban J connectivity index is 4.15. The third-order valence-electron chi connectivity index (χ3n) is 14.9. The summed E-state index contributed by atoms with van der Waals surface area (Å²) < 4.78 is 16.9. The van der Waals surface area contributed by atoms with Crippen LogP contribution in [0.2, 0.25) is 0 Å². The van der Waals surface area contributed by atoms with Crippen LogP contribution in [-0.2, 0) is 28.6 Å². The molecule has 0 N–H and O–H groups in total. The van der Waals surface area contributed by atoms with Crippen molar-refractivity contribution < 1.29 is 28.6 Å². The lowest BCUT2D eigenvalue weighted by Crippen LogP contribution is -2.30. The lowest BCUT2D eigenvalue weighted by Gasteiger charge is -2.18. The maximum atomic E-state index is 12.9. The van der Waals surface area contributed by atoms with E-state index in [-0.39, 0.29) is 31.1 Å². The lowest BCUT2D eigenvalue weighted by molar-refractivity contribution is -0.167. The average molecular weight is 1040 g/mol. The van der Waals surface area contributed by atoms with E-state index >= 15 is 0 Å². The molecular formula is C68H126O6. The molecule has 0 amide bonds. The monoisotopic (exact) mass is 1040 g/mol. The zero-order valence-corrected chi connectivity index (χ0v) is 49.9. The maximum absolute atomic E-state index is 12.9. The number of esters is 3. The number of rotatable bonds is 61. The number of allylic oxidation sites excluding steroid dienone is 6. The highest BCUT2D eigenvalue weighted by Gasteiger charge is 2.19. The number of unbranched alkanes of at least 4 members (excludes halogenated alkanes) is 44. The van der Waals surface area contributed by atoms with Crippen molar-refractivity contribution in [3.05, 3.63) is 36.5 Å². The molecule has 0 aromatic carbocycles. The summed E-state index contributed by atoms with van der Waals surface area (Å²) in [4.78, 5) is 38.2. The van der Waals surface area contributed by atoms with Gasteiger partial charge in [-0.1, -0.05) is 301 Å². The van der Waals surface area contributed by atoms with Crippen LogP contribution < -0.4 is 0 Å². The summed E-state index contributed by atoms with van der Waals surface area (Å²) in [6.45, 7) is 6.67. The van der Waals surface area contributed by atoms with Crippen LogP contribution in [0, 0.1) is 0 Å². The summed E-state index contributed by atoms with van der Waals surface area (Å²) in [6.07, 6.45) is 77.4. The first kappa shape index (κ1) is 71.6. The molecule has 0 aromatic rings. The van der Waals surface area contributed by atoms with Gasteiger partial charge >= 0.3 is 17.9 Å². The first-order valence-corrected chi connectivity index (χ1v) is 33.0. The van der Waals surface area contributed by atoms with Crippen molar-refractivity contribution in [1.82, 2.24) is 0 Å². The summed E-state index contributed by atoms with van der Waals surface area (Å²) in [7, 11) is 0. The van der Waals surface area contributed by atoms with Gasteiger partial charge in [0.25, 0.3) is 0 Å². The molecule has 0 aliphatic rings. The molecular weight excluding hydrogens is 913 g/mol. The smallest absolute Gasteiger partial charge is 0.306 e. The Morgan fingerprint density at radius 2 is 0.486 bits per heavy atom. The molecule has 0 spiro atoms. The lowest BCUT2D eigenvalue weighted by atomic mass is 10.0. The molecule has 0 fully saturated rings. The van der Waals surface area contributed by atoms with Crippen molar-refractivity contribution in [2.75, 3.05) is 13.2 Å². The van der Waals surface area contributed by atoms with Crippen LogP contribution >= 0.6 is 0 Å². The summed E-state index contributed by atoms with van der Waals surface area (Å²) in [6, 6.07) is 0. The van der Waals surface area contributed by atoms with Crippen molar-refractivity contribution in [3.8, 4) is 0 Å². The van der Waals surface area contributed by atoms with Gasteiger partial charge in [0, 0.05) is 19.3 Å². The summed E-state index contributed by atoms with van der Waals surface area (Å²) in [5.74, 6) is -0.856. The van der Waals surface area contributed by atoms with Gasteiger partial charge in [0.1, 0.15) is 13.2 Å². The summed E-state index contributed by atoms with van der Waals surface area (Å²) in [5, 5.41) is 0. The van der Waals surface area contributed by atoms with Gasteiger partial charge in [-0.2, -0.15) is 0 Å². The molecule has 1 atom stereocenters. The Hall–Kier alpha value is -2.37. The second-order valence-corrected chi connectivity index (χ2v) is 22.4. The number of hydrogen-bond acceptors (Lipinski definition) is 6. The second kappa shape index (κ2) is 63.2. The molecule has 0 saturated heterocycles. The minimum Gasteiger partial charge on any atom is -0.462 e. The molecule has 0 aliphatic heterocycles. The average Bonchev–Trinajstić information content (AvgIpc) is 3.40. The Morgan fingerprint density at radius 1 is 0.270 bits per heavy atom. The number of hydrogen-bond donors (Lipinski definition) is 0. The molecule has 0 rings (SSSR count). The Kier molecular flexibility index (Phi) is 61.1. The van der Waals surface area contributed by atoms with Crippen molar-refractivity contribution >= 4 is 17.9 Å². The minimum absolute atomic E-state index is 0.0701. The number of carbonyl (C=O) groups excluding carboxylic acids is 3. The van der Waals surface area contributed by atoms with Crippen molar-refractivity contribution in [2.24, 2.45) is 0 Å². The topological polar surface area (TPSA) is 78.9 Å². The molecule has 0 heterocycles. The van der Waals surface area contributed by atoms with E-state index in [0.29, 0.717) is 19.3 Å². The third-order valence-corrected chi connectivity index (χ3v) is 14.9. The van der Waals surface area contributed by atoms with Crippen molar-refractivity contribution in [2.45, 2.75) is 367 Å². The van der Waals surface area contributed by atoms with Crippen LogP contribution in [0.5, 0.6) is 0 Å². The molecule has 0 aromatic heterocycles. The van der Waals surface area contributed by atoms with E-state index in [0.717, 1.165) is 70.6 Å². The predicted octanol–water partition coefficient (Wildman–Crippen LogP) is 22.4. The van der Waals surface area contributed by atoms with Crippen LogP contribution in [0.25, 0.3) is 0 Å². The Labute approximate surface area is 461 Å². The first-order chi connectivity index (χ1) is 36.5. The molecule has 6 heteroatoms. The quantitative estimate of drug-likeness (QED) is 0.0261. The van der Waals surface area contributed by atoms with Crippen LogP contribution in [0.1, 0.15) is 361 Å². The molecule has 0 bridgehead atoms. The first-order valence-electron chi connectivity index (χ1n) is 33.0. The van der Waals surface area contributed by atoms with Gasteiger partial charge in [-0.05, 0) is 77.0 Å². The Bertz CT molecular complexity index is 1240. The Morgan fingerprint density at radius 3 is 0.757 bits per heavy atom. The van der Waals surface area contributed by atoms with Gasteiger partial charge in [-0.3, -0.25) is 14.4 Å². The highest BCUT2D eigenvalue weighted by molar-refractivity contribution is 5.71. The molecule has 6 nitrogen and oxygen atoms in total. The van der Waals surface area contributed by atoms with Gasteiger partial charge in [0.05, 0.1) is 0 Å². The fourth-order valence-electron chi connectivity index (χ4n) is 9.88. The predicted molar refractivity (Wildman–Crippen MR) is 321 cm³/mol. The van der Waals surface area contributed by atoms with E-state index < -0.39 is 6.10 Å². The minimum atomic E-state index is -0.772. The fourth-order valence-corrected chi connectivity index (χ4v) is 9.88. The molecule has 0 saturated carbocycles. The molecule has 1 unspecified atom stereocenters. The number of ether oxygens (including phenoxy) is 3. The van der Waals surface area contributed by atoms with Gasteiger partial charge < -0.3 is 14.2 Å². The van der Waals surface area contributed by atoms with Gasteiger partial charge in [0.2, 0.25) is 0 Å². The largest absolute Gasteiger partial charge is 0.462 e. The van der Waals surface area contributed by atoms with Crippen molar-refractivity contribution in [1.29, 1.82) is 0 Å². The van der Waals surface area contributed by atoms with E-state index in [1.54, 1.807) is 0 Å². The number of carbonyl (C=O) groups is 3. The van der Waals surface area contributed by atoms with Crippen molar-refractivity contribution in [3.63, 3.8) is 0 Å². The molecule has 0 radical (unpaired) electrons.